The van der Waals surface area contributed by atoms with Gasteiger partial charge in [-0.15, -0.1) is 23.1 Å². The molecule has 3 aromatic rings. The lowest BCUT2D eigenvalue weighted by Gasteiger charge is -2.17. The third-order valence-electron chi connectivity index (χ3n) is 4.02. The average Bonchev–Trinajstić information content (AvgIpc) is 3.11. The molecule has 7 heteroatoms. The Hall–Kier alpha value is -2.12. The van der Waals surface area contributed by atoms with E-state index in [2.05, 4.69) is 17.1 Å². The van der Waals surface area contributed by atoms with Gasteiger partial charge in [-0.3, -0.25) is 14.2 Å². The number of amides is 1. The standard InChI is InChI=1S/C18H19N3O2S2/c1-20(11-13-3-5-14(24-2)6-4-13)16(22)7-9-21-12-19-17-15(18(21)23)8-10-25-17/h3-6,8,10,12H,7,9,11H2,1-2H3. The highest BCUT2D eigenvalue weighted by atomic mass is 32.2. The van der Waals surface area contributed by atoms with Gasteiger partial charge >= 0.3 is 0 Å². The molecule has 0 saturated heterocycles. The fourth-order valence-corrected chi connectivity index (χ4v) is 3.68. The lowest BCUT2D eigenvalue weighted by atomic mass is 10.2. The minimum atomic E-state index is -0.0886. The molecule has 0 aliphatic rings. The van der Waals surface area contributed by atoms with E-state index in [0.717, 1.165) is 10.4 Å². The first-order valence-electron chi connectivity index (χ1n) is 7.88. The Labute approximate surface area is 154 Å². The fraction of sp³-hybridized carbons (Fsp3) is 0.278. The molecule has 2 aromatic heterocycles. The minimum absolute atomic E-state index is 0.00580. The van der Waals surface area contributed by atoms with E-state index in [0.29, 0.717) is 18.5 Å². The van der Waals surface area contributed by atoms with Crippen LogP contribution >= 0.6 is 23.1 Å². The van der Waals surface area contributed by atoms with E-state index in [1.54, 1.807) is 29.8 Å². The summed E-state index contributed by atoms with van der Waals surface area (Å²) in [5, 5.41) is 2.46. The summed E-state index contributed by atoms with van der Waals surface area (Å²) in [5.74, 6) is 0.00580. The van der Waals surface area contributed by atoms with Crippen molar-refractivity contribution in [2.45, 2.75) is 24.4 Å². The fourth-order valence-electron chi connectivity index (χ4n) is 2.55. The normalized spacial score (nSPS) is 11.0. The van der Waals surface area contributed by atoms with Crippen LogP contribution in [-0.2, 0) is 17.9 Å². The zero-order chi connectivity index (χ0) is 17.8. The molecule has 3 rings (SSSR count). The number of hydrogen-bond acceptors (Lipinski definition) is 5. The minimum Gasteiger partial charge on any atom is -0.341 e. The van der Waals surface area contributed by atoms with E-state index in [4.69, 9.17) is 0 Å². The van der Waals surface area contributed by atoms with Crippen LogP contribution in [0.15, 0.2) is 51.7 Å². The van der Waals surface area contributed by atoms with Crippen molar-refractivity contribution in [1.82, 2.24) is 14.5 Å². The Morgan fingerprint density at radius 1 is 1.28 bits per heavy atom. The van der Waals surface area contributed by atoms with E-state index in [1.807, 2.05) is 23.8 Å². The summed E-state index contributed by atoms with van der Waals surface area (Å²) in [6, 6.07) is 9.96. The number of thioether (sulfide) groups is 1. The van der Waals surface area contributed by atoms with Gasteiger partial charge in [-0.05, 0) is 35.4 Å². The Bertz CT molecular complexity index is 931. The van der Waals surface area contributed by atoms with Crippen molar-refractivity contribution >= 4 is 39.2 Å². The van der Waals surface area contributed by atoms with Crippen LogP contribution in [0.2, 0.25) is 0 Å². The summed E-state index contributed by atoms with van der Waals surface area (Å²) in [5.41, 5.74) is 1.00. The molecule has 0 atom stereocenters. The second-order valence-electron chi connectivity index (χ2n) is 5.73. The van der Waals surface area contributed by atoms with Crippen LogP contribution in [0.3, 0.4) is 0 Å². The molecule has 25 heavy (non-hydrogen) atoms. The third kappa shape index (κ3) is 4.11. The van der Waals surface area contributed by atoms with Crippen LogP contribution in [0.1, 0.15) is 12.0 Å². The first kappa shape index (κ1) is 17.7. The van der Waals surface area contributed by atoms with E-state index in [1.165, 1.54) is 27.1 Å². The molecule has 0 unspecified atom stereocenters. The van der Waals surface area contributed by atoms with Crippen LogP contribution in [-0.4, -0.2) is 33.7 Å². The summed E-state index contributed by atoms with van der Waals surface area (Å²) >= 11 is 3.14. The lowest BCUT2D eigenvalue weighted by Crippen LogP contribution is -2.29. The number of nitrogens with zero attached hydrogens (tertiary/aromatic N) is 3. The monoisotopic (exact) mass is 373 g/mol. The molecule has 130 valence electrons. The van der Waals surface area contributed by atoms with Crippen molar-refractivity contribution in [3.05, 3.63) is 58.0 Å². The second kappa shape index (κ2) is 7.84. The molecule has 1 amide bonds. The molecule has 0 fully saturated rings. The smallest absolute Gasteiger partial charge is 0.262 e. The highest BCUT2D eigenvalue weighted by Crippen LogP contribution is 2.16. The first-order chi connectivity index (χ1) is 12.1. The SMILES string of the molecule is CSc1ccc(CN(C)C(=O)CCn2cnc3sccc3c2=O)cc1. The van der Waals surface area contributed by atoms with E-state index in [-0.39, 0.29) is 17.9 Å². The van der Waals surface area contributed by atoms with E-state index < -0.39 is 0 Å². The van der Waals surface area contributed by atoms with Gasteiger partial charge in [0.2, 0.25) is 5.91 Å². The van der Waals surface area contributed by atoms with Gasteiger partial charge in [0.1, 0.15) is 4.83 Å². The third-order valence-corrected chi connectivity index (χ3v) is 5.59. The van der Waals surface area contributed by atoms with Gasteiger partial charge in [0.25, 0.3) is 5.56 Å². The molecule has 0 spiro atoms. The predicted molar refractivity (Wildman–Crippen MR) is 103 cm³/mol. The van der Waals surface area contributed by atoms with Gasteiger partial charge in [-0.2, -0.15) is 0 Å². The Morgan fingerprint density at radius 3 is 2.76 bits per heavy atom. The van der Waals surface area contributed by atoms with Crippen molar-refractivity contribution in [3.63, 3.8) is 0 Å². The van der Waals surface area contributed by atoms with Crippen molar-refractivity contribution in [2.24, 2.45) is 0 Å². The van der Waals surface area contributed by atoms with Crippen LogP contribution in [0, 0.1) is 0 Å². The molecule has 0 radical (unpaired) electrons. The number of hydrogen-bond donors (Lipinski definition) is 0. The predicted octanol–water partition coefficient (Wildman–Crippen LogP) is 3.23. The molecule has 1 aromatic carbocycles. The molecule has 2 heterocycles. The number of benzene rings is 1. The largest absolute Gasteiger partial charge is 0.341 e. The summed E-state index contributed by atoms with van der Waals surface area (Å²) in [6.45, 7) is 0.899. The zero-order valence-corrected chi connectivity index (χ0v) is 15.8. The topological polar surface area (TPSA) is 55.2 Å². The Balaban J connectivity index is 1.60. The van der Waals surface area contributed by atoms with Crippen molar-refractivity contribution in [2.75, 3.05) is 13.3 Å². The number of thiophene rings is 1. The quantitative estimate of drug-likeness (QED) is 0.623. The molecule has 0 aliphatic carbocycles. The highest BCUT2D eigenvalue weighted by molar-refractivity contribution is 7.98. The summed E-state index contributed by atoms with van der Waals surface area (Å²) in [7, 11) is 1.79. The molecule has 0 N–H and O–H groups in total. The number of carbonyl (C=O) groups is 1. The van der Waals surface area contributed by atoms with E-state index in [9.17, 15) is 9.59 Å². The van der Waals surface area contributed by atoms with Gasteiger partial charge in [0, 0.05) is 31.5 Å². The molecule has 0 bridgehead atoms. The first-order valence-corrected chi connectivity index (χ1v) is 9.98. The van der Waals surface area contributed by atoms with Crippen molar-refractivity contribution in [3.8, 4) is 0 Å². The average molecular weight is 374 g/mol. The molecule has 5 nitrogen and oxygen atoms in total. The number of fused-ring (bicyclic) bond motifs is 1. The van der Waals surface area contributed by atoms with Crippen LogP contribution < -0.4 is 5.56 Å². The second-order valence-corrected chi connectivity index (χ2v) is 7.50. The molecular weight excluding hydrogens is 354 g/mol. The van der Waals surface area contributed by atoms with Crippen LogP contribution in [0.25, 0.3) is 10.2 Å². The van der Waals surface area contributed by atoms with Gasteiger partial charge in [-0.1, -0.05) is 12.1 Å². The maximum absolute atomic E-state index is 12.4. The number of carbonyl (C=O) groups excluding carboxylic acids is 1. The number of aryl methyl sites for hydroxylation is 1. The van der Waals surface area contributed by atoms with Gasteiger partial charge in [0.05, 0.1) is 11.7 Å². The Kier molecular flexibility index (Phi) is 5.55. The van der Waals surface area contributed by atoms with Crippen LogP contribution in [0.5, 0.6) is 0 Å². The van der Waals surface area contributed by atoms with Crippen molar-refractivity contribution < 1.29 is 4.79 Å². The van der Waals surface area contributed by atoms with Gasteiger partial charge < -0.3 is 4.90 Å². The lowest BCUT2D eigenvalue weighted by molar-refractivity contribution is -0.130. The molecule has 0 saturated carbocycles. The van der Waals surface area contributed by atoms with Gasteiger partial charge in [-0.25, -0.2) is 4.98 Å². The van der Waals surface area contributed by atoms with Gasteiger partial charge in [0.15, 0.2) is 0 Å². The van der Waals surface area contributed by atoms with E-state index >= 15 is 0 Å². The molecular formula is C18H19N3O2S2. The van der Waals surface area contributed by atoms with Crippen molar-refractivity contribution in [1.29, 1.82) is 0 Å². The molecule has 0 aliphatic heterocycles. The highest BCUT2D eigenvalue weighted by Gasteiger charge is 2.11. The summed E-state index contributed by atoms with van der Waals surface area (Å²) < 4.78 is 1.51. The number of rotatable bonds is 6. The number of aromatic nitrogens is 2. The maximum Gasteiger partial charge on any atom is 0.262 e. The maximum atomic E-state index is 12.4. The summed E-state index contributed by atoms with van der Waals surface area (Å²) in [6.07, 6.45) is 3.83. The van der Waals surface area contributed by atoms with Crippen LogP contribution in [0.4, 0.5) is 0 Å². The summed E-state index contributed by atoms with van der Waals surface area (Å²) in [4.78, 5) is 32.6. The zero-order valence-electron chi connectivity index (χ0n) is 14.1. The Morgan fingerprint density at radius 2 is 2.04 bits per heavy atom.